The zero-order chi connectivity index (χ0) is 24.2. The van der Waals surface area contributed by atoms with Crippen LogP contribution in [0.25, 0.3) is 0 Å². The van der Waals surface area contributed by atoms with E-state index in [2.05, 4.69) is 10.0 Å². The first-order valence-electron chi connectivity index (χ1n) is 9.57. The van der Waals surface area contributed by atoms with Gasteiger partial charge in [0.25, 0.3) is 10.0 Å². The highest BCUT2D eigenvalue weighted by molar-refractivity contribution is 7.92. The second-order valence-corrected chi connectivity index (χ2v) is 9.19. The molecule has 174 valence electrons. The highest BCUT2D eigenvalue weighted by Crippen LogP contribution is 2.48. The van der Waals surface area contributed by atoms with E-state index in [1.807, 2.05) is 26.0 Å². The highest BCUT2D eigenvalue weighted by atomic mass is 32.2. The van der Waals surface area contributed by atoms with Crippen molar-refractivity contribution in [2.24, 2.45) is 0 Å². The van der Waals surface area contributed by atoms with Gasteiger partial charge in [-0.15, -0.1) is 0 Å². The average Bonchev–Trinajstić information content (AvgIpc) is 3.50. The van der Waals surface area contributed by atoms with Crippen molar-refractivity contribution in [3.63, 3.8) is 0 Å². The van der Waals surface area contributed by atoms with E-state index in [-0.39, 0.29) is 16.8 Å². The first kappa shape index (κ1) is 25.2. The maximum Gasteiger partial charge on any atom is 0.490 e. The van der Waals surface area contributed by atoms with Crippen molar-refractivity contribution in [1.82, 2.24) is 5.32 Å². The number of sulfonamides is 1. The minimum absolute atomic E-state index is 0.0418. The van der Waals surface area contributed by atoms with E-state index in [9.17, 15) is 26.4 Å². The van der Waals surface area contributed by atoms with Crippen LogP contribution in [0, 0.1) is 0 Å². The molecule has 0 atom stereocenters. The van der Waals surface area contributed by atoms with Gasteiger partial charge in [-0.2, -0.15) is 13.2 Å². The lowest BCUT2D eigenvalue weighted by Crippen LogP contribution is -2.38. The number of carbonyl (C=O) groups is 2. The number of rotatable bonds is 6. The minimum atomic E-state index is -5.08. The van der Waals surface area contributed by atoms with Gasteiger partial charge in [-0.25, -0.2) is 13.2 Å². The molecule has 11 heteroatoms. The number of hydrogen-bond donors (Lipinski definition) is 3. The van der Waals surface area contributed by atoms with E-state index in [1.165, 1.54) is 0 Å². The van der Waals surface area contributed by atoms with Crippen molar-refractivity contribution in [1.29, 1.82) is 0 Å². The normalized spacial score (nSPS) is 14.7. The van der Waals surface area contributed by atoms with Crippen LogP contribution in [0.5, 0.6) is 0 Å². The Labute approximate surface area is 183 Å². The molecule has 0 heterocycles. The lowest BCUT2D eigenvalue weighted by atomic mass is 9.94. The molecule has 0 saturated heterocycles. The van der Waals surface area contributed by atoms with Crippen LogP contribution < -0.4 is 10.0 Å². The molecule has 7 nitrogen and oxygen atoms in total. The van der Waals surface area contributed by atoms with Gasteiger partial charge in [-0.3, -0.25) is 9.52 Å². The van der Waals surface area contributed by atoms with E-state index in [1.54, 1.807) is 42.5 Å². The fourth-order valence-corrected chi connectivity index (χ4v) is 3.92. The number of halogens is 3. The van der Waals surface area contributed by atoms with Gasteiger partial charge in [-0.05, 0) is 56.5 Å². The lowest BCUT2D eigenvalue weighted by molar-refractivity contribution is -0.192. The first-order valence-corrected chi connectivity index (χ1v) is 11.1. The van der Waals surface area contributed by atoms with Crippen molar-refractivity contribution in [2.75, 3.05) is 4.72 Å². The molecular formula is C21H23F3N2O5S. The molecule has 1 aliphatic carbocycles. The third-order valence-electron chi connectivity index (χ3n) is 4.59. The molecule has 0 spiro atoms. The number of anilines is 1. The van der Waals surface area contributed by atoms with Crippen LogP contribution >= 0.6 is 0 Å². The number of amides is 1. The Hall–Kier alpha value is -3.08. The summed E-state index contributed by atoms with van der Waals surface area (Å²) >= 11 is 0. The summed E-state index contributed by atoms with van der Waals surface area (Å²) in [7, 11) is -3.61. The van der Waals surface area contributed by atoms with Gasteiger partial charge in [0.15, 0.2) is 0 Å². The number of carboxylic acids is 1. The second kappa shape index (κ2) is 9.60. The maximum atomic E-state index is 12.4. The molecule has 3 rings (SSSR count). The number of hydrogen-bond acceptors (Lipinski definition) is 4. The largest absolute Gasteiger partial charge is 0.490 e. The van der Waals surface area contributed by atoms with Crippen LogP contribution in [0.2, 0.25) is 0 Å². The fraction of sp³-hybridized carbons (Fsp3) is 0.333. The van der Waals surface area contributed by atoms with Gasteiger partial charge in [0.2, 0.25) is 5.91 Å². The SMILES string of the molecule is CC(C)NC(=O)C1(c2ccc(NS(=O)(=O)c3ccccc3)cc2)CC1.O=C(O)C(F)(F)F. The van der Waals surface area contributed by atoms with Crippen LogP contribution in [0.1, 0.15) is 32.3 Å². The smallest absolute Gasteiger partial charge is 0.475 e. The summed E-state index contributed by atoms with van der Waals surface area (Å²) in [5, 5.41) is 10.1. The van der Waals surface area contributed by atoms with E-state index >= 15 is 0 Å². The quantitative estimate of drug-likeness (QED) is 0.594. The van der Waals surface area contributed by atoms with Crippen molar-refractivity contribution in [2.45, 2.75) is 49.2 Å². The van der Waals surface area contributed by atoms with Crippen LogP contribution in [-0.4, -0.2) is 37.6 Å². The third-order valence-corrected chi connectivity index (χ3v) is 5.99. The Kier molecular flexibility index (Phi) is 7.55. The molecule has 1 aliphatic rings. The summed E-state index contributed by atoms with van der Waals surface area (Å²) in [5.41, 5.74) is 0.946. The van der Waals surface area contributed by atoms with Crippen LogP contribution in [0.4, 0.5) is 18.9 Å². The van der Waals surface area contributed by atoms with E-state index in [0.29, 0.717) is 5.69 Å². The van der Waals surface area contributed by atoms with Crippen LogP contribution in [-0.2, 0) is 25.0 Å². The summed E-state index contributed by atoms with van der Waals surface area (Å²) in [6, 6.07) is 15.4. The number of nitrogens with one attached hydrogen (secondary N) is 2. The van der Waals surface area contributed by atoms with E-state index < -0.39 is 27.6 Å². The molecule has 1 saturated carbocycles. The molecule has 0 radical (unpaired) electrons. The zero-order valence-electron chi connectivity index (χ0n) is 17.3. The molecule has 0 bridgehead atoms. The molecule has 1 fully saturated rings. The number of carbonyl (C=O) groups excluding carboxylic acids is 1. The number of alkyl halides is 3. The summed E-state index contributed by atoms with van der Waals surface area (Å²) in [6.07, 6.45) is -3.44. The third kappa shape index (κ3) is 6.46. The van der Waals surface area contributed by atoms with Crippen molar-refractivity contribution >= 4 is 27.6 Å². The lowest BCUT2D eigenvalue weighted by Gasteiger charge is -2.18. The molecule has 2 aromatic rings. The van der Waals surface area contributed by atoms with E-state index in [0.717, 1.165) is 18.4 Å². The summed E-state index contributed by atoms with van der Waals surface area (Å²) in [4.78, 5) is 21.5. The Balaban J connectivity index is 0.000000451. The Morgan fingerprint density at radius 1 is 1.00 bits per heavy atom. The fourth-order valence-electron chi connectivity index (χ4n) is 2.84. The molecule has 1 amide bonds. The number of benzene rings is 2. The first-order chi connectivity index (χ1) is 14.8. The second-order valence-electron chi connectivity index (χ2n) is 7.51. The molecule has 3 N–H and O–H groups in total. The standard InChI is InChI=1S/C19H22N2O3S.C2HF3O2/c1-14(2)20-18(22)19(12-13-19)15-8-10-16(11-9-15)21-25(23,24)17-6-4-3-5-7-17;3-2(4,5)1(6)7/h3-11,14,21H,12-13H2,1-2H3,(H,20,22);(H,6,7). The highest BCUT2D eigenvalue weighted by Gasteiger charge is 2.51. The van der Waals surface area contributed by atoms with Gasteiger partial charge in [0.1, 0.15) is 0 Å². The van der Waals surface area contributed by atoms with Crippen LogP contribution in [0.15, 0.2) is 59.5 Å². The maximum absolute atomic E-state index is 12.4. The minimum Gasteiger partial charge on any atom is -0.475 e. The monoisotopic (exact) mass is 472 g/mol. The summed E-state index contributed by atoms with van der Waals surface area (Å²) < 4.78 is 59.0. The van der Waals surface area contributed by atoms with Gasteiger partial charge < -0.3 is 10.4 Å². The van der Waals surface area contributed by atoms with Crippen molar-refractivity contribution < 1.29 is 36.3 Å². The topological polar surface area (TPSA) is 113 Å². The van der Waals surface area contributed by atoms with Gasteiger partial charge >= 0.3 is 12.1 Å². The molecule has 2 aromatic carbocycles. The molecule has 0 aromatic heterocycles. The summed E-state index contributed by atoms with van der Waals surface area (Å²) in [5.74, 6) is -2.72. The number of carboxylic acid groups (broad SMARTS) is 1. The molecular weight excluding hydrogens is 449 g/mol. The molecule has 32 heavy (non-hydrogen) atoms. The van der Waals surface area contributed by atoms with Gasteiger partial charge in [0.05, 0.1) is 10.3 Å². The van der Waals surface area contributed by atoms with Crippen molar-refractivity contribution in [3.05, 3.63) is 60.2 Å². The Morgan fingerprint density at radius 2 is 1.50 bits per heavy atom. The van der Waals surface area contributed by atoms with Gasteiger partial charge in [0, 0.05) is 11.7 Å². The summed E-state index contributed by atoms with van der Waals surface area (Å²) in [6.45, 7) is 3.88. The molecule has 0 unspecified atom stereocenters. The van der Waals surface area contributed by atoms with Gasteiger partial charge in [-0.1, -0.05) is 30.3 Å². The van der Waals surface area contributed by atoms with E-state index in [4.69, 9.17) is 9.90 Å². The van der Waals surface area contributed by atoms with Crippen LogP contribution in [0.3, 0.4) is 0 Å². The Bertz CT molecular complexity index is 1050. The zero-order valence-corrected chi connectivity index (χ0v) is 18.1. The number of aliphatic carboxylic acids is 1. The molecule has 0 aliphatic heterocycles. The van der Waals surface area contributed by atoms with Crippen molar-refractivity contribution in [3.8, 4) is 0 Å². The average molecular weight is 472 g/mol. The predicted octanol–water partition coefficient (Wildman–Crippen LogP) is 3.68. The Morgan fingerprint density at radius 3 is 1.91 bits per heavy atom. The predicted molar refractivity (Wildman–Crippen MR) is 112 cm³/mol.